The van der Waals surface area contributed by atoms with Crippen molar-refractivity contribution in [2.24, 2.45) is 5.16 Å². The third-order valence-corrected chi connectivity index (χ3v) is 3.68. The maximum Gasteiger partial charge on any atom is 0.200 e. The molecule has 0 heterocycles. The molecule has 0 saturated carbocycles. The zero-order chi connectivity index (χ0) is 18.7. The largest absolute Gasteiger partial charge is 0.390 e. The highest BCUT2D eigenvalue weighted by atomic mass is 35.5. The second-order valence-electron chi connectivity index (χ2n) is 4.61. The molecule has 134 valence electrons. The number of oxime groups is 1. The Morgan fingerprint density at radius 3 is 1.84 bits per heavy atom. The Kier molecular flexibility index (Phi) is 6.48. The minimum absolute atomic E-state index is 0.0381. The first-order chi connectivity index (χ1) is 11.7. The summed E-state index contributed by atoms with van der Waals surface area (Å²) in [4.78, 5) is 3.51. The fourth-order valence-electron chi connectivity index (χ4n) is 1.78. The van der Waals surface area contributed by atoms with Gasteiger partial charge in [-0.2, -0.15) is 0 Å². The predicted octanol–water partition coefficient (Wildman–Crippen LogP) is 5.76. The number of hydrogen-bond donors (Lipinski definition) is 0. The molecule has 0 aliphatic rings. The maximum atomic E-state index is 13.5. The minimum Gasteiger partial charge on any atom is -0.390 e. The summed E-state index contributed by atoms with van der Waals surface area (Å²) in [6, 6.07) is 6.01. The van der Waals surface area contributed by atoms with Gasteiger partial charge < -0.3 is 4.84 Å². The summed E-state index contributed by atoms with van der Waals surface area (Å²) in [5.41, 5.74) is -0.822. The van der Waals surface area contributed by atoms with E-state index in [2.05, 4.69) is 9.99 Å². The summed E-state index contributed by atoms with van der Waals surface area (Å²) in [7, 11) is 0. The SMILES string of the molecule is Fc1c(F)c(F)c(CON=C(c2ccc(Cl)cc2)C(Cl)Cl)c(F)c1F. The smallest absolute Gasteiger partial charge is 0.200 e. The second-order valence-corrected chi connectivity index (χ2v) is 6.14. The topological polar surface area (TPSA) is 21.6 Å². The van der Waals surface area contributed by atoms with Crippen molar-refractivity contribution in [1.82, 2.24) is 0 Å². The van der Waals surface area contributed by atoms with Gasteiger partial charge in [0.05, 0.1) is 5.56 Å². The van der Waals surface area contributed by atoms with Gasteiger partial charge in [0.2, 0.25) is 5.82 Å². The fourth-order valence-corrected chi connectivity index (χ4v) is 2.24. The molecule has 0 bridgehead atoms. The molecule has 2 rings (SSSR count). The van der Waals surface area contributed by atoms with Gasteiger partial charge in [0.25, 0.3) is 0 Å². The quantitative estimate of drug-likeness (QED) is 0.151. The highest BCUT2D eigenvalue weighted by molar-refractivity contribution is 6.56. The first kappa shape index (κ1) is 19.8. The van der Waals surface area contributed by atoms with Crippen molar-refractivity contribution < 1.29 is 26.8 Å². The zero-order valence-corrected chi connectivity index (χ0v) is 14.2. The van der Waals surface area contributed by atoms with E-state index < -0.39 is 46.1 Å². The number of rotatable bonds is 5. The van der Waals surface area contributed by atoms with Gasteiger partial charge in [0, 0.05) is 10.6 Å². The lowest BCUT2D eigenvalue weighted by Crippen LogP contribution is -2.12. The molecule has 0 N–H and O–H groups in total. The lowest BCUT2D eigenvalue weighted by molar-refractivity contribution is 0.123. The van der Waals surface area contributed by atoms with E-state index in [-0.39, 0.29) is 5.71 Å². The van der Waals surface area contributed by atoms with Crippen LogP contribution in [0.5, 0.6) is 0 Å². The molecular formula is C15H7Cl3F5NO. The summed E-state index contributed by atoms with van der Waals surface area (Å²) in [5.74, 6) is -10.4. The van der Waals surface area contributed by atoms with E-state index in [1.807, 2.05) is 0 Å². The van der Waals surface area contributed by atoms with E-state index in [0.717, 1.165) is 0 Å². The molecule has 0 aliphatic heterocycles. The maximum absolute atomic E-state index is 13.5. The molecule has 0 atom stereocenters. The van der Waals surface area contributed by atoms with Gasteiger partial charge >= 0.3 is 0 Å². The number of nitrogens with zero attached hydrogens (tertiary/aromatic N) is 1. The van der Waals surface area contributed by atoms with Crippen LogP contribution in [-0.2, 0) is 11.4 Å². The second kappa shape index (κ2) is 8.21. The molecule has 0 spiro atoms. The summed E-state index contributed by atoms with van der Waals surface area (Å²) >= 11 is 17.2. The molecule has 10 heteroatoms. The highest BCUT2D eigenvalue weighted by Crippen LogP contribution is 2.24. The van der Waals surface area contributed by atoms with Gasteiger partial charge in [-0.1, -0.05) is 52.1 Å². The molecule has 0 saturated heterocycles. The molecule has 2 aromatic carbocycles. The first-order valence-corrected chi connectivity index (χ1v) is 7.73. The van der Waals surface area contributed by atoms with Crippen molar-refractivity contribution in [3.8, 4) is 0 Å². The average molecular weight is 419 g/mol. The van der Waals surface area contributed by atoms with E-state index in [0.29, 0.717) is 10.6 Å². The van der Waals surface area contributed by atoms with E-state index in [1.165, 1.54) is 24.3 Å². The van der Waals surface area contributed by atoms with Crippen molar-refractivity contribution in [2.75, 3.05) is 0 Å². The lowest BCUT2D eigenvalue weighted by Gasteiger charge is -2.10. The number of alkyl halides is 2. The summed E-state index contributed by atoms with van der Waals surface area (Å²) in [6.45, 7) is -1.02. The van der Waals surface area contributed by atoms with Crippen molar-refractivity contribution >= 4 is 40.5 Å². The monoisotopic (exact) mass is 417 g/mol. The Hall–Kier alpha value is -1.57. The molecular weight excluding hydrogens is 412 g/mol. The molecule has 0 aliphatic carbocycles. The Bertz CT molecular complexity index is 783. The minimum atomic E-state index is -2.26. The van der Waals surface area contributed by atoms with Crippen LogP contribution in [0.4, 0.5) is 22.0 Å². The fraction of sp³-hybridized carbons (Fsp3) is 0.133. The Labute approximate surface area is 153 Å². The van der Waals surface area contributed by atoms with Crippen LogP contribution >= 0.6 is 34.8 Å². The van der Waals surface area contributed by atoms with Crippen LogP contribution in [0.25, 0.3) is 0 Å². The van der Waals surface area contributed by atoms with Gasteiger partial charge in [-0.05, 0) is 12.1 Å². The van der Waals surface area contributed by atoms with Gasteiger partial charge in [-0.25, -0.2) is 22.0 Å². The molecule has 25 heavy (non-hydrogen) atoms. The Morgan fingerprint density at radius 1 is 0.880 bits per heavy atom. The third kappa shape index (κ3) is 4.34. The van der Waals surface area contributed by atoms with Crippen LogP contribution < -0.4 is 0 Å². The Morgan fingerprint density at radius 2 is 1.36 bits per heavy atom. The first-order valence-electron chi connectivity index (χ1n) is 6.48. The molecule has 2 aromatic rings. The van der Waals surface area contributed by atoms with Crippen molar-refractivity contribution in [1.29, 1.82) is 0 Å². The summed E-state index contributed by atoms with van der Waals surface area (Å²) < 4.78 is 66.3. The summed E-state index contributed by atoms with van der Waals surface area (Å²) in [5, 5.41) is 3.94. The van der Waals surface area contributed by atoms with Crippen LogP contribution in [0, 0.1) is 29.1 Å². The molecule has 0 unspecified atom stereocenters. The van der Waals surface area contributed by atoms with Crippen molar-refractivity contribution in [3.05, 3.63) is 69.5 Å². The third-order valence-electron chi connectivity index (χ3n) is 3.02. The van der Waals surface area contributed by atoms with Gasteiger partial charge in [0.15, 0.2) is 28.1 Å². The van der Waals surface area contributed by atoms with Crippen molar-refractivity contribution in [3.63, 3.8) is 0 Å². The average Bonchev–Trinajstić information content (AvgIpc) is 2.58. The standard InChI is InChI=1S/C15H7Cl3F5NO/c16-7-3-1-6(2-4-7)14(15(17)18)24-25-5-8-9(19)11(21)13(23)12(22)10(8)20/h1-4,15H,5H2. The van der Waals surface area contributed by atoms with Gasteiger partial charge in [0.1, 0.15) is 12.3 Å². The number of benzene rings is 2. The molecule has 0 amide bonds. The summed E-state index contributed by atoms with van der Waals surface area (Å²) in [6.07, 6.45) is 0. The lowest BCUT2D eigenvalue weighted by atomic mass is 10.1. The molecule has 2 nitrogen and oxygen atoms in total. The van der Waals surface area contributed by atoms with Crippen LogP contribution in [0.1, 0.15) is 11.1 Å². The van der Waals surface area contributed by atoms with E-state index in [4.69, 9.17) is 34.8 Å². The van der Waals surface area contributed by atoms with E-state index in [1.54, 1.807) is 0 Å². The van der Waals surface area contributed by atoms with E-state index >= 15 is 0 Å². The van der Waals surface area contributed by atoms with Crippen LogP contribution in [-0.4, -0.2) is 10.5 Å². The highest BCUT2D eigenvalue weighted by Gasteiger charge is 2.26. The van der Waals surface area contributed by atoms with Crippen molar-refractivity contribution in [2.45, 2.75) is 11.4 Å². The predicted molar refractivity (Wildman–Crippen MR) is 84.5 cm³/mol. The zero-order valence-electron chi connectivity index (χ0n) is 12.0. The van der Waals surface area contributed by atoms with Crippen LogP contribution in [0.15, 0.2) is 29.4 Å². The van der Waals surface area contributed by atoms with E-state index in [9.17, 15) is 22.0 Å². The van der Waals surface area contributed by atoms with Crippen LogP contribution in [0.3, 0.4) is 0 Å². The molecule has 0 aromatic heterocycles. The number of halogens is 8. The molecule has 0 radical (unpaired) electrons. The molecule has 0 fully saturated rings. The number of hydrogen-bond acceptors (Lipinski definition) is 2. The van der Waals surface area contributed by atoms with Gasteiger partial charge in [-0.3, -0.25) is 0 Å². The van der Waals surface area contributed by atoms with Crippen LogP contribution in [0.2, 0.25) is 5.02 Å². The Balaban J connectivity index is 2.28. The normalized spacial score (nSPS) is 12.0. The van der Waals surface area contributed by atoms with Gasteiger partial charge in [-0.15, -0.1) is 0 Å².